The normalized spacial score (nSPS) is 11.7. The predicted octanol–water partition coefficient (Wildman–Crippen LogP) is 2.13. The van der Waals surface area contributed by atoms with E-state index in [-0.39, 0.29) is 5.91 Å². The number of hydrogen-bond donors (Lipinski definition) is 1. The van der Waals surface area contributed by atoms with E-state index in [0.29, 0.717) is 19.0 Å². The van der Waals surface area contributed by atoms with Crippen LogP contribution in [0.4, 0.5) is 0 Å². The number of benzene rings is 1. The molecule has 0 radical (unpaired) electrons. The summed E-state index contributed by atoms with van der Waals surface area (Å²) in [5.41, 5.74) is 1.88. The molecular formula is C18H19N5O2. The molecule has 1 amide bonds. The molecule has 0 aliphatic rings. The summed E-state index contributed by atoms with van der Waals surface area (Å²) in [5, 5.41) is 6.86. The van der Waals surface area contributed by atoms with Gasteiger partial charge in [0.15, 0.2) is 0 Å². The largest absolute Gasteiger partial charge is 0.473 e. The van der Waals surface area contributed by atoms with Crippen LogP contribution in [-0.2, 0) is 17.9 Å². The number of amides is 1. The lowest BCUT2D eigenvalue weighted by Gasteiger charge is -2.14. The van der Waals surface area contributed by atoms with E-state index in [1.165, 1.54) is 17.3 Å². The number of carbonyl (C=O) groups is 1. The number of rotatable bonds is 7. The molecule has 0 saturated carbocycles. The van der Waals surface area contributed by atoms with Crippen molar-refractivity contribution in [3.05, 3.63) is 72.4 Å². The average Bonchev–Trinajstić information content (AvgIpc) is 3.20. The van der Waals surface area contributed by atoms with Crippen molar-refractivity contribution in [3.8, 4) is 5.88 Å². The summed E-state index contributed by atoms with van der Waals surface area (Å²) >= 11 is 0. The topological polar surface area (TPSA) is 81.9 Å². The van der Waals surface area contributed by atoms with Crippen LogP contribution in [0.25, 0.3) is 0 Å². The third-order valence-corrected chi connectivity index (χ3v) is 3.73. The summed E-state index contributed by atoms with van der Waals surface area (Å²) in [7, 11) is 0. The van der Waals surface area contributed by atoms with E-state index in [9.17, 15) is 4.79 Å². The van der Waals surface area contributed by atoms with Crippen LogP contribution in [0.2, 0.25) is 0 Å². The quantitative estimate of drug-likeness (QED) is 0.714. The second kappa shape index (κ2) is 8.05. The van der Waals surface area contributed by atoms with Gasteiger partial charge in [0.1, 0.15) is 25.3 Å². The third kappa shape index (κ3) is 4.41. The van der Waals surface area contributed by atoms with Gasteiger partial charge in [-0.15, -0.1) is 0 Å². The molecule has 2 aromatic heterocycles. The number of hydrogen-bond acceptors (Lipinski definition) is 5. The molecule has 7 heteroatoms. The van der Waals surface area contributed by atoms with Crippen molar-refractivity contribution in [1.82, 2.24) is 25.1 Å². The van der Waals surface area contributed by atoms with Gasteiger partial charge in [-0.3, -0.25) is 4.79 Å². The number of nitrogens with one attached hydrogen (secondary N) is 1. The first-order valence-corrected chi connectivity index (χ1v) is 7.96. The van der Waals surface area contributed by atoms with Gasteiger partial charge in [-0.1, -0.05) is 36.4 Å². The van der Waals surface area contributed by atoms with Crippen molar-refractivity contribution >= 4 is 5.91 Å². The average molecular weight is 337 g/mol. The molecule has 0 aliphatic carbocycles. The van der Waals surface area contributed by atoms with Crippen LogP contribution in [0.3, 0.4) is 0 Å². The Balaban J connectivity index is 1.60. The zero-order chi connectivity index (χ0) is 17.5. The summed E-state index contributed by atoms with van der Waals surface area (Å²) in [4.78, 5) is 20.4. The molecule has 3 aromatic rings. The predicted molar refractivity (Wildman–Crippen MR) is 91.6 cm³/mol. The van der Waals surface area contributed by atoms with Gasteiger partial charge in [-0.25, -0.2) is 14.6 Å². The molecule has 7 nitrogen and oxygen atoms in total. The Morgan fingerprint density at radius 2 is 2.08 bits per heavy atom. The highest BCUT2D eigenvalue weighted by atomic mass is 16.5. The fourth-order valence-corrected chi connectivity index (χ4v) is 2.28. The van der Waals surface area contributed by atoms with E-state index in [1.807, 2.05) is 42.5 Å². The summed E-state index contributed by atoms with van der Waals surface area (Å²) in [6.45, 7) is 2.52. The van der Waals surface area contributed by atoms with Crippen molar-refractivity contribution in [3.63, 3.8) is 0 Å². The first-order valence-electron chi connectivity index (χ1n) is 7.96. The third-order valence-electron chi connectivity index (χ3n) is 3.73. The molecule has 0 spiro atoms. The molecule has 25 heavy (non-hydrogen) atoms. The zero-order valence-corrected chi connectivity index (χ0v) is 13.9. The van der Waals surface area contributed by atoms with Crippen molar-refractivity contribution in [1.29, 1.82) is 0 Å². The van der Waals surface area contributed by atoms with Crippen LogP contribution in [-0.4, -0.2) is 25.7 Å². The van der Waals surface area contributed by atoms with Crippen molar-refractivity contribution in [2.45, 2.75) is 26.1 Å². The molecule has 2 heterocycles. The van der Waals surface area contributed by atoms with Gasteiger partial charge in [-0.05, 0) is 18.6 Å². The SMILES string of the molecule is C[C@H](C(=O)NCc1cccnc1OCc1ccccc1)n1cncn1. The first-order chi connectivity index (χ1) is 12.2. The maximum absolute atomic E-state index is 12.2. The lowest BCUT2D eigenvalue weighted by Crippen LogP contribution is -2.31. The van der Waals surface area contributed by atoms with Crippen LogP contribution in [0.15, 0.2) is 61.3 Å². The fourth-order valence-electron chi connectivity index (χ4n) is 2.28. The molecule has 3 rings (SSSR count). The molecule has 0 bridgehead atoms. The van der Waals surface area contributed by atoms with Crippen molar-refractivity contribution in [2.24, 2.45) is 0 Å². The van der Waals surface area contributed by atoms with Gasteiger partial charge in [0.05, 0.1) is 0 Å². The molecule has 1 aromatic carbocycles. The smallest absolute Gasteiger partial charge is 0.244 e. The Bertz CT molecular complexity index is 805. The van der Waals surface area contributed by atoms with Crippen LogP contribution < -0.4 is 10.1 Å². The van der Waals surface area contributed by atoms with E-state index in [4.69, 9.17) is 4.74 Å². The maximum Gasteiger partial charge on any atom is 0.244 e. The van der Waals surface area contributed by atoms with Gasteiger partial charge in [0.25, 0.3) is 0 Å². The molecule has 0 unspecified atom stereocenters. The second-order valence-electron chi connectivity index (χ2n) is 5.51. The van der Waals surface area contributed by atoms with Crippen molar-refractivity contribution < 1.29 is 9.53 Å². The lowest BCUT2D eigenvalue weighted by molar-refractivity contribution is -0.124. The Morgan fingerprint density at radius 3 is 2.84 bits per heavy atom. The number of carbonyl (C=O) groups excluding carboxylic acids is 1. The molecule has 128 valence electrons. The van der Waals surface area contributed by atoms with Gasteiger partial charge in [0.2, 0.25) is 11.8 Å². The highest BCUT2D eigenvalue weighted by Gasteiger charge is 2.16. The van der Waals surface area contributed by atoms with Crippen LogP contribution >= 0.6 is 0 Å². The van der Waals surface area contributed by atoms with Crippen molar-refractivity contribution in [2.75, 3.05) is 0 Å². The molecule has 1 atom stereocenters. The van der Waals surface area contributed by atoms with E-state index in [1.54, 1.807) is 13.1 Å². The number of aromatic nitrogens is 4. The summed E-state index contributed by atoms with van der Waals surface area (Å²) in [6.07, 6.45) is 4.59. The molecule has 0 aliphatic heterocycles. The lowest BCUT2D eigenvalue weighted by atomic mass is 10.2. The minimum absolute atomic E-state index is 0.150. The monoisotopic (exact) mass is 337 g/mol. The molecule has 1 N–H and O–H groups in total. The van der Waals surface area contributed by atoms with Crippen LogP contribution in [0.5, 0.6) is 5.88 Å². The zero-order valence-electron chi connectivity index (χ0n) is 13.9. The summed E-state index contributed by atoms with van der Waals surface area (Å²) < 4.78 is 7.30. The Kier molecular flexibility index (Phi) is 5.36. The number of pyridine rings is 1. The summed E-state index contributed by atoms with van der Waals surface area (Å²) in [5.74, 6) is 0.364. The minimum Gasteiger partial charge on any atom is -0.473 e. The van der Waals surface area contributed by atoms with Gasteiger partial charge >= 0.3 is 0 Å². The summed E-state index contributed by atoms with van der Waals surface area (Å²) in [6, 6.07) is 13.1. The van der Waals surface area contributed by atoms with E-state index in [2.05, 4.69) is 20.4 Å². The van der Waals surface area contributed by atoms with Crippen LogP contribution in [0, 0.1) is 0 Å². The fraction of sp³-hybridized carbons (Fsp3) is 0.222. The molecule has 0 fully saturated rings. The number of ether oxygens (including phenoxy) is 1. The van der Waals surface area contributed by atoms with Gasteiger partial charge < -0.3 is 10.1 Å². The Morgan fingerprint density at radius 1 is 1.24 bits per heavy atom. The molecular weight excluding hydrogens is 318 g/mol. The number of nitrogens with zero attached hydrogens (tertiary/aromatic N) is 4. The van der Waals surface area contributed by atoms with Crippen LogP contribution in [0.1, 0.15) is 24.1 Å². The Labute approximate surface area is 145 Å². The highest BCUT2D eigenvalue weighted by molar-refractivity contribution is 5.79. The minimum atomic E-state index is -0.437. The van der Waals surface area contributed by atoms with Gasteiger partial charge in [0, 0.05) is 18.3 Å². The van der Waals surface area contributed by atoms with Gasteiger partial charge in [-0.2, -0.15) is 5.10 Å². The Hall–Kier alpha value is -3.22. The standard InChI is InChI=1S/C18H19N5O2/c1-14(23-13-19-12-22-23)17(24)21-10-16-8-5-9-20-18(16)25-11-15-6-3-2-4-7-15/h2-9,12-14H,10-11H2,1H3,(H,21,24)/t14-/m1/s1. The highest BCUT2D eigenvalue weighted by Crippen LogP contribution is 2.16. The van der Waals surface area contributed by atoms with E-state index < -0.39 is 6.04 Å². The first kappa shape index (κ1) is 16.6. The molecule has 0 saturated heterocycles. The maximum atomic E-state index is 12.2. The van der Waals surface area contributed by atoms with E-state index >= 15 is 0 Å². The van der Waals surface area contributed by atoms with E-state index in [0.717, 1.165) is 11.1 Å². The second-order valence-corrected chi connectivity index (χ2v) is 5.51.